The molecule has 1 aromatic carbocycles. The lowest BCUT2D eigenvalue weighted by atomic mass is 10.1. The molecule has 17 heavy (non-hydrogen) atoms. The van der Waals surface area contributed by atoms with Gasteiger partial charge in [-0.25, -0.2) is 0 Å². The van der Waals surface area contributed by atoms with Gasteiger partial charge in [0.2, 0.25) is 5.91 Å². The molecule has 1 amide bonds. The SMILES string of the molecule is CC1Sc2ccc(C(F)(F)CN)cc2NC1=O. The van der Waals surface area contributed by atoms with E-state index in [2.05, 4.69) is 5.32 Å². The average molecular weight is 258 g/mol. The lowest BCUT2D eigenvalue weighted by molar-refractivity contribution is -0.115. The summed E-state index contributed by atoms with van der Waals surface area (Å²) in [6, 6.07) is 4.23. The quantitative estimate of drug-likeness (QED) is 0.854. The lowest BCUT2D eigenvalue weighted by Crippen LogP contribution is -2.28. The molecule has 0 saturated carbocycles. The molecule has 0 radical (unpaired) electrons. The predicted molar refractivity (Wildman–Crippen MR) is 63.3 cm³/mol. The van der Waals surface area contributed by atoms with Crippen LogP contribution in [0.2, 0.25) is 0 Å². The number of nitrogens with two attached hydrogens (primary N) is 1. The van der Waals surface area contributed by atoms with Crippen molar-refractivity contribution in [1.29, 1.82) is 0 Å². The third-order valence-corrected chi connectivity index (χ3v) is 3.77. The van der Waals surface area contributed by atoms with E-state index in [0.717, 1.165) is 4.90 Å². The van der Waals surface area contributed by atoms with Crippen LogP contribution in [0.3, 0.4) is 0 Å². The second-order valence-electron chi connectivity index (χ2n) is 3.87. The van der Waals surface area contributed by atoms with E-state index >= 15 is 0 Å². The van der Waals surface area contributed by atoms with Gasteiger partial charge in [0.15, 0.2) is 0 Å². The fraction of sp³-hybridized carbons (Fsp3) is 0.364. The van der Waals surface area contributed by atoms with Gasteiger partial charge in [-0.05, 0) is 19.1 Å². The van der Waals surface area contributed by atoms with Gasteiger partial charge >= 0.3 is 0 Å². The summed E-state index contributed by atoms with van der Waals surface area (Å²) in [6.45, 7) is 1.02. The normalized spacial score (nSPS) is 19.8. The van der Waals surface area contributed by atoms with Gasteiger partial charge in [-0.2, -0.15) is 8.78 Å². The highest BCUT2D eigenvalue weighted by Crippen LogP contribution is 2.38. The van der Waals surface area contributed by atoms with Crippen molar-refractivity contribution in [2.75, 3.05) is 11.9 Å². The van der Waals surface area contributed by atoms with Crippen molar-refractivity contribution >= 4 is 23.4 Å². The fourth-order valence-corrected chi connectivity index (χ4v) is 2.48. The first-order chi connectivity index (χ1) is 7.94. The number of nitrogens with one attached hydrogen (secondary N) is 1. The maximum Gasteiger partial charge on any atom is 0.285 e. The van der Waals surface area contributed by atoms with Crippen LogP contribution in [0, 0.1) is 0 Å². The zero-order valence-corrected chi connectivity index (χ0v) is 9.98. The van der Waals surface area contributed by atoms with Crippen LogP contribution in [-0.2, 0) is 10.7 Å². The topological polar surface area (TPSA) is 55.1 Å². The minimum Gasteiger partial charge on any atom is -0.325 e. The molecule has 1 aliphatic heterocycles. The number of benzene rings is 1. The molecular formula is C11H12F2N2OS. The zero-order valence-electron chi connectivity index (χ0n) is 9.17. The first kappa shape index (κ1) is 12.3. The van der Waals surface area contributed by atoms with Crippen molar-refractivity contribution in [3.63, 3.8) is 0 Å². The molecule has 1 unspecified atom stereocenters. The number of halogens is 2. The largest absolute Gasteiger partial charge is 0.325 e. The van der Waals surface area contributed by atoms with E-state index in [4.69, 9.17) is 5.73 Å². The summed E-state index contributed by atoms with van der Waals surface area (Å²) >= 11 is 1.36. The number of anilines is 1. The third kappa shape index (κ3) is 2.28. The summed E-state index contributed by atoms with van der Waals surface area (Å²) in [7, 11) is 0. The highest BCUT2D eigenvalue weighted by atomic mass is 32.2. The van der Waals surface area contributed by atoms with Gasteiger partial charge in [0.05, 0.1) is 17.5 Å². The third-order valence-electron chi connectivity index (χ3n) is 2.59. The van der Waals surface area contributed by atoms with Crippen LogP contribution < -0.4 is 11.1 Å². The van der Waals surface area contributed by atoms with Crippen molar-refractivity contribution in [3.05, 3.63) is 23.8 Å². The van der Waals surface area contributed by atoms with E-state index in [1.165, 1.54) is 23.9 Å². The second-order valence-corrected chi connectivity index (χ2v) is 5.25. The number of carbonyl (C=O) groups excluding carboxylic acids is 1. The molecule has 1 heterocycles. The van der Waals surface area contributed by atoms with Gasteiger partial charge in [-0.15, -0.1) is 11.8 Å². The summed E-state index contributed by atoms with van der Waals surface area (Å²) in [5.41, 5.74) is 5.28. The van der Waals surface area contributed by atoms with Gasteiger partial charge in [0.25, 0.3) is 5.92 Å². The Kier molecular flexibility index (Phi) is 3.09. The number of rotatable bonds is 2. The number of alkyl halides is 2. The van der Waals surface area contributed by atoms with Crippen LogP contribution in [0.5, 0.6) is 0 Å². The van der Waals surface area contributed by atoms with E-state index in [-0.39, 0.29) is 16.7 Å². The molecule has 0 saturated heterocycles. The first-order valence-electron chi connectivity index (χ1n) is 5.14. The molecule has 1 aliphatic rings. The summed E-state index contributed by atoms with van der Waals surface area (Å²) in [6.07, 6.45) is 0. The zero-order chi connectivity index (χ0) is 12.6. The minimum absolute atomic E-state index is 0.171. The standard InChI is InChI=1S/C11H12F2N2OS/c1-6-10(16)15-8-4-7(11(12,13)5-14)2-3-9(8)17-6/h2-4,6H,5,14H2,1H3,(H,15,16). The van der Waals surface area contributed by atoms with Gasteiger partial charge in [-0.3, -0.25) is 4.79 Å². The van der Waals surface area contributed by atoms with Crippen LogP contribution in [0.15, 0.2) is 23.1 Å². The molecule has 0 spiro atoms. The molecule has 0 bridgehead atoms. The summed E-state index contributed by atoms with van der Waals surface area (Å²) in [5, 5.41) is 2.41. The van der Waals surface area contributed by atoms with Crippen molar-refractivity contribution < 1.29 is 13.6 Å². The Morgan fingerprint density at radius 3 is 2.88 bits per heavy atom. The Morgan fingerprint density at radius 1 is 1.53 bits per heavy atom. The monoisotopic (exact) mass is 258 g/mol. The van der Waals surface area contributed by atoms with Crippen molar-refractivity contribution in [1.82, 2.24) is 0 Å². The van der Waals surface area contributed by atoms with E-state index in [1.807, 2.05) is 0 Å². The molecule has 1 aromatic rings. The van der Waals surface area contributed by atoms with Gasteiger partial charge in [0.1, 0.15) is 0 Å². The highest BCUT2D eigenvalue weighted by molar-refractivity contribution is 8.00. The molecular weight excluding hydrogens is 246 g/mol. The molecule has 0 aromatic heterocycles. The number of hydrogen-bond acceptors (Lipinski definition) is 3. The van der Waals surface area contributed by atoms with E-state index in [0.29, 0.717) is 5.69 Å². The molecule has 0 aliphatic carbocycles. The highest BCUT2D eigenvalue weighted by Gasteiger charge is 2.31. The average Bonchev–Trinajstić information content (AvgIpc) is 2.30. The van der Waals surface area contributed by atoms with Gasteiger partial charge in [-0.1, -0.05) is 6.07 Å². The minimum atomic E-state index is -3.06. The molecule has 1 atom stereocenters. The smallest absolute Gasteiger partial charge is 0.285 e. The Morgan fingerprint density at radius 2 is 2.24 bits per heavy atom. The molecule has 3 nitrogen and oxygen atoms in total. The number of thioether (sulfide) groups is 1. The van der Waals surface area contributed by atoms with Gasteiger partial charge in [0, 0.05) is 10.5 Å². The number of fused-ring (bicyclic) bond motifs is 1. The fourth-order valence-electron chi connectivity index (χ4n) is 1.55. The Labute approximate surface area is 102 Å². The lowest BCUT2D eigenvalue weighted by Gasteiger charge is -2.23. The number of amides is 1. The predicted octanol–water partition coefficient (Wildman–Crippen LogP) is 2.17. The second kappa shape index (κ2) is 4.27. The molecule has 92 valence electrons. The first-order valence-corrected chi connectivity index (χ1v) is 6.02. The van der Waals surface area contributed by atoms with Crippen LogP contribution in [-0.4, -0.2) is 17.7 Å². The summed E-state index contributed by atoms with van der Waals surface area (Å²) < 4.78 is 26.8. The molecule has 0 fully saturated rings. The van der Waals surface area contributed by atoms with E-state index in [9.17, 15) is 13.6 Å². The van der Waals surface area contributed by atoms with Crippen LogP contribution >= 0.6 is 11.8 Å². The van der Waals surface area contributed by atoms with Crippen molar-refractivity contribution in [2.45, 2.75) is 23.0 Å². The number of hydrogen-bond donors (Lipinski definition) is 2. The van der Waals surface area contributed by atoms with E-state index in [1.54, 1.807) is 13.0 Å². The molecule has 2 rings (SSSR count). The Balaban J connectivity index is 2.38. The number of carbonyl (C=O) groups is 1. The van der Waals surface area contributed by atoms with Crippen LogP contribution in [0.1, 0.15) is 12.5 Å². The van der Waals surface area contributed by atoms with Crippen LogP contribution in [0.25, 0.3) is 0 Å². The van der Waals surface area contributed by atoms with Crippen molar-refractivity contribution in [3.8, 4) is 0 Å². The summed E-state index contributed by atoms with van der Waals surface area (Å²) in [4.78, 5) is 12.2. The van der Waals surface area contributed by atoms with Crippen molar-refractivity contribution in [2.24, 2.45) is 5.73 Å². The summed E-state index contributed by atoms with van der Waals surface area (Å²) in [5.74, 6) is -3.23. The maximum atomic E-state index is 13.4. The molecule has 6 heteroatoms. The van der Waals surface area contributed by atoms with Crippen LogP contribution in [0.4, 0.5) is 14.5 Å². The maximum absolute atomic E-state index is 13.4. The Bertz CT molecular complexity index is 465. The van der Waals surface area contributed by atoms with E-state index < -0.39 is 12.5 Å². The Hall–Kier alpha value is -1.14. The van der Waals surface area contributed by atoms with Gasteiger partial charge < -0.3 is 11.1 Å². The molecule has 3 N–H and O–H groups in total.